The van der Waals surface area contributed by atoms with Gasteiger partial charge in [-0.1, -0.05) is 0 Å². The summed E-state index contributed by atoms with van der Waals surface area (Å²) in [5.74, 6) is 0.465. The van der Waals surface area contributed by atoms with Crippen LogP contribution in [0.3, 0.4) is 0 Å². The average Bonchev–Trinajstić information content (AvgIpc) is 2.83. The quantitative estimate of drug-likeness (QED) is 0.863. The number of carbonyl (C=O) groups excluding carboxylic acids is 1. The molecule has 0 saturated carbocycles. The molecule has 1 amide bonds. The van der Waals surface area contributed by atoms with Gasteiger partial charge in [0, 0.05) is 11.8 Å². The van der Waals surface area contributed by atoms with Crippen LogP contribution in [0.5, 0.6) is 5.75 Å². The Morgan fingerprint density at radius 2 is 1.86 bits per heavy atom. The summed E-state index contributed by atoms with van der Waals surface area (Å²) in [6.45, 7) is 1.78. The fraction of sp³-hybridized carbons (Fsp3) is 0.133. The van der Waals surface area contributed by atoms with Gasteiger partial charge in [-0.2, -0.15) is 0 Å². The second kappa shape index (κ2) is 6.38. The maximum Gasteiger partial charge on any atom is 0.573 e. The zero-order valence-corrected chi connectivity index (χ0v) is 11.5. The van der Waals surface area contributed by atoms with E-state index in [1.54, 1.807) is 19.1 Å². The van der Waals surface area contributed by atoms with E-state index in [4.69, 9.17) is 4.42 Å². The summed E-state index contributed by atoms with van der Waals surface area (Å²) in [7, 11) is 0. The molecule has 2 rings (SSSR count). The van der Waals surface area contributed by atoms with Crippen LogP contribution >= 0.6 is 0 Å². The highest BCUT2D eigenvalue weighted by Crippen LogP contribution is 2.23. The molecule has 1 aromatic carbocycles. The molecular weight excluding hydrogens is 299 g/mol. The fourth-order valence-electron chi connectivity index (χ4n) is 1.62. The Bertz CT molecular complexity index is 672. The van der Waals surface area contributed by atoms with Crippen LogP contribution in [0, 0.1) is 6.92 Å². The maximum atomic E-state index is 12.0. The highest BCUT2D eigenvalue weighted by atomic mass is 19.4. The topological polar surface area (TPSA) is 51.5 Å². The standard InChI is InChI=1S/C15H12F3NO3/c1-10-2-5-12(21-10)8-9-14(20)19-11-3-6-13(7-4-11)22-15(16,17)18/h2-9H,1H3,(H,19,20). The van der Waals surface area contributed by atoms with E-state index in [0.717, 1.165) is 17.9 Å². The van der Waals surface area contributed by atoms with Gasteiger partial charge in [-0.15, -0.1) is 13.2 Å². The molecule has 0 aliphatic heterocycles. The van der Waals surface area contributed by atoms with Crippen molar-refractivity contribution in [1.82, 2.24) is 0 Å². The largest absolute Gasteiger partial charge is 0.573 e. The molecule has 22 heavy (non-hydrogen) atoms. The van der Waals surface area contributed by atoms with Gasteiger partial charge in [0.1, 0.15) is 17.3 Å². The lowest BCUT2D eigenvalue weighted by Crippen LogP contribution is -2.17. The van der Waals surface area contributed by atoms with Crippen LogP contribution in [0.2, 0.25) is 0 Å². The summed E-state index contributed by atoms with van der Waals surface area (Å²) in [6.07, 6.45) is -1.99. The normalized spacial score (nSPS) is 11.6. The van der Waals surface area contributed by atoms with Crippen LogP contribution in [-0.4, -0.2) is 12.3 Å². The number of ether oxygens (including phenoxy) is 1. The van der Waals surface area contributed by atoms with Gasteiger partial charge >= 0.3 is 6.36 Å². The van der Waals surface area contributed by atoms with Gasteiger partial charge in [-0.25, -0.2) is 0 Å². The molecule has 1 aromatic heterocycles. The van der Waals surface area contributed by atoms with Crippen LogP contribution in [0.1, 0.15) is 11.5 Å². The van der Waals surface area contributed by atoms with Crippen LogP contribution < -0.4 is 10.1 Å². The third-order valence-corrected chi connectivity index (χ3v) is 2.52. The molecule has 0 fully saturated rings. The van der Waals surface area contributed by atoms with Crippen LogP contribution in [0.15, 0.2) is 46.9 Å². The van der Waals surface area contributed by atoms with Crippen LogP contribution in [0.25, 0.3) is 6.08 Å². The lowest BCUT2D eigenvalue weighted by Gasteiger charge is -2.09. The lowest BCUT2D eigenvalue weighted by molar-refractivity contribution is -0.274. The van der Waals surface area contributed by atoms with E-state index in [1.165, 1.54) is 24.3 Å². The van der Waals surface area contributed by atoms with Crippen molar-refractivity contribution in [3.05, 3.63) is 54.0 Å². The number of anilines is 1. The van der Waals surface area contributed by atoms with E-state index >= 15 is 0 Å². The fourth-order valence-corrected chi connectivity index (χ4v) is 1.62. The lowest BCUT2D eigenvalue weighted by atomic mass is 10.3. The van der Waals surface area contributed by atoms with Crippen molar-refractivity contribution < 1.29 is 27.1 Å². The predicted octanol–water partition coefficient (Wildman–Crippen LogP) is 4.14. The number of hydrogen-bond acceptors (Lipinski definition) is 3. The first kappa shape index (κ1) is 15.7. The SMILES string of the molecule is Cc1ccc(C=CC(=O)Nc2ccc(OC(F)(F)F)cc2)o1. The second-order valence-corrected chi connectivity index (χ2v) is 4.34. The molecule has 0 atom stereocenters. The smallest absolute Gasteiger partial charge is 0.462 e. The maximum absolute atomic E-state index is 12.0. The van der Waals surface area contributed by atoms with E-state index in [9.17, 15) is 18.0 Å². The molecule has 0 aliphatic rings. The molecule has 0 aliphatic carbocycles. The molecule has 0 radical (unpaired) electrons. The molecule has 7 heteroatoms. The highest BCUT2D eigenvalue weighted by Gasteiger charge is 2.30. The molecule has 0 bridgehead atoms. The van der Waals surface area contributed by atoms with Gasteiger partial charge in [0.15, 0.2) is 0 Å². The number of amides is 1. The molecular formula is C15H12F3NO3. The molecule has 1 N–H and O–H groups in total. The second-order valence-electron chi connectivity index (χ2n) is 4.34. The first-order valence-corrected chi connectivity index (χ1v) is 6.23. The third-order valence-electron chi connectivity index (χ3n) is 2.52. The summed E-state index contributed by atoms with van der Waals surface area (Å²) in [4.78, 5) is 11.7. The van der Waals surface area contributed by atoms with Crippen molar-refractivity contribution in [2.45, 2.75) is 13.3 Å². The van der Waals surface area contributed by atoms with E-state index in [0.29, 0.717) is 11.4 Å². The number of benzene rings is 1. The van der Waals surface area contributed by atoms with Crippen LogP contribution in [-0.2, 0) is 4.79 Å². The zero-order valence-electron chi connectivity index (χ0n) is 11.5. The number of carbonyl (C=O) groups is 1. The van der Waals surface area contributed by atoms with Crippen molar-refractivity contribution in [2.24, 2.45) is 0 Å². The Labute approximate surface area is 124 Å². The monoisotopic (exact) mass is 311 g/mol. The Morgan fingerprint density at radius 3 is 2.41 bits per heavy atom. The van der Waals surface area contributed by atoms with Crippen LogP contribution in [0.4, 0.5) is 18.9 Å². The summed E-state index contributed by atoms with van der Waals surface area (Å²) in [5.41, 5.74) is 0.347. The molecule has 2 aromatic rings. The average molecular weight is 311 g/mol. The molecule has 0 unspecified atom stereocenters. The molecule has 1 heterocycles. The number of alkyl halides is 3. The summed E-state index contributed by atoms with van der Waals surface area (Å²) < 4.78 is 45.0. The van der Waals surface area contributed by atoms with Crippen molar-refractivity contribution in [3.8, 4) is 5.75 Å². The molecule has 116 valence electrons. The Kier molecular flexibility index (Phi) is 4.55. The Morgan fingerprint density at radius 1 is 1.18 bits per heavy atom. The van der Waals surface area contributed by atoms with E-state index < -0.39 is 12.3 Å². The van der Waals surface area contributed by atoms with Gasteiger partial charge in [0.05, 0.1) is 0 Å². The van der Waals surface area contributed by atoms with Gasteiger partial charge < -0.3 is 14.5 Å². The number of hydrogen-bond donors (Lipinski definition) is 1. The van der Waals surface area contributed by atoms with Crippen molar-refractivity contribution in [2.75, 3.05) is 5.32 Å². The zero-order chi connectivity index (χ0) is 16.2. The van der Waals surface area contributed by atoms with E-state index in [-0.39, 0.29) is 5.75 Å². The van der Waals surface area contributed by atoms with Crippen molar-refractivity contribution in [3.63, 3.8) is 0 Å². The van der Waals surface area contributed by atoms with Crippen molar-refractivity contribution >= 4 is 17.7 Å². The first-order valence-electron chi connectivity index (χ1n) is 6.23. The highest BCUT2D eigenvalue weighted by molar-refractivity contribution is 6.01. The number of furan rings is 1. The molecule has 4 nitrogen and oxygen atoms in total. The van der Waals surface area contributed by atoms with Gasteiger partial charge in [0.25, 0.3) is 0 Å². The van der Waals surface area contributed by atoms with E-state index in [2.05, 4.69) is 10.1 Å². The predicted molar refractivity (Wildman–Crippen MR) is 74.2 cm³/mol. The van der Waals surface area contributed by atoms with E-state index in [1.807, 2.05) is 0 Å². The minimum atomic E-state index is -4.74. The number of aryl methyl sites for hydroxylation is 1. The number of halogens is 3. The minimum Gasteiger partial charge on any atom is -0.462 e. The van der Waals surface area contributed by atoms with Gasteiger partial charge in [0.2, 0.25) is 5.91 Å². The van der Waals surface area contributed by atoms with Crippen molar-refractivity contribution in [1.29, 1.82) is 0 Å². The Balaban J connectivity index is 1.93. The molecule has 0 saturated heterocycles. The number of nitrogens with one attached hydrogen (secondary N) is 1. The molecule has 0 spiro atoms. The third kappa shape index (κ3) is 5.01. The first-order chi connectivity index (χ1) is 10.3. The summed E-state index contributed by atoms with van der Waals surface area (Å²) in [6, 6.07) is 8.32. The number of rotatable bonds is 4. The minimum absolute atomic E-state index is 0.347. The Hall–Kier alpha value is -2.70. The summed E-state index contributed by atoms with van der Waals surface area (Å²) >= 11 is 0. The van der Waals surface area contributed by atoms with Gasteiger partial charge in [-0.05, 0) is 49.4 Å². The summed E-state index contributed by atoms with van der Waals surface area (Å²) in [5, 5.41) is 2.50. The van der Waals surface area contributed by atoms with Gasteiger partial charge in [-0.3, -0.25) is 4.79 Å².